The van der Waals surface area contributed by atoms with Crippen LogP contribution in [0.2, 0.25) is 0 Å². The molecule has 0 aliphatic heterocycles. The van der Waals surface area contributed by atoms with E-state index in [1.165, 1.54) is 19.2 Å². The van der Waals surface area contributed by atoms with Crippen molar-refractivity contribution in [1.29, 1.82) is 0 Å². The molecule has 1 heterocycles. The van der Waals surface area contributed by atoms with Crippen LogP contribution in [0.1, 0.15) is 32.7 Å². The summed E-state index contributed by atoms with van der Waals surface area (Å²) in [4.78, 5) is 11.6. The number of methoxy groups -OCH3 is 1. The standard InChI is InChI=1S/C21H18F2O4S/c1-12-17(11-18(26-12)20(24)25-2)19(28)15-5-3-13(4-6-15)14-7-9-16(10-8-14)27-21(22)23/h3-11,19,21,28H,1-2H3. The summed E-state index contributed by atoms with van der Waals surface area (Å²) < 4.78 is 39.0. The Morgan fingerprint density at radius 2 is 1.61 bits per heavy atom. The smallest absolute Gasteiger partial charge is 0.387 e. The zero-order valence-corrected chi connectivity index (χ0v) is 16.1. The molecule has 1 atom stereocenters. The fourth-order valence-electron chi connectivity index (χ4n) is 2.84. The van der Waals surface area contributed by atoms with E-state index in [0.29, 0.717) is 5.76 Å². The molecule has 0 aliphatic carbocycles. The Kier molecular flexibility index (Phi) is 6.04. The maximum atomic E-state index is 12.2. The molecule has 0 aliphatic rings. The van der Waals surface area contributed by atoms with Crippen molar-refractivity contribution >= 4 is 18.6 Å². The molecule has 0 amide bonds. The van der Waals surface area contributed by atoms with E-state index in [0.717, 1.165) is 22.3 Å². The van der Waals surface area contributed by atoms with Crippen molar-refractivity contribution in [2.24, 2.45) is 0 Å². The first kappa shape index (κ1) is 19.9. The molecule has 0 fully saturated rings. The number of alkyl halides is 2. The third kappa shape index (κ3) is 4.36. The second-order valence-electron chi connectivity index (χ2n) is 6.04. The van der Waals surface area contributed by atoms with Crippen molar-refractivity contribution < 1.29 is 27.5 Å². The lowest BCUT2D eigenvalue weighted by Gasteiger charge is -2.11. The van der Waals surface area contributed by atoms with Gasteiger partial charge in [0.2, 0.25) is 5.76 Å². The highest BCUT2D eigenvalue weighted by Crippen LogP contribution is 2.34. The Morgan fingerprint density at radius 1 is 1.04 bits per heavy atom. The minimum absolute atomic E-state index is 0.114. The van der Waals surface area contributed by atoms with E-state index in [1.54, 1.807) is 25.1 Å². The average molecular weight is 404 g/mol. The summed E-state index contributed by atoms with van der Waals surface area (Å²) in [6, 6.07) is 15.7. The summed E-state index contributed by atoms with van der Waals surface area (Å²) in [5.74, 6) is 0.308. The molecule has 3 rings (SSSR count). The van der Waals surface area contributed by atoms with E-state index in [9.17, 15) is 13.6 Å². The topological polar surface area (TPSA) is 48.7 Å². The predicted molar refractivity (Wildman–Crippen MR) is 104 cm³/mol. The molecular weight excluding hydrogens is 386 g/mol. The molecule has 7 heteroatoms. The number of carbonyl (C=O) groups is 1. The summed E-state index contributed by atoms with van der Waals surface area (Å²) in [5, 5.41) is -0.280. The van der Waals surface area contributed by atoms with Gasteiger partial charge in [-0.1, -0.05) is 36.4 Å². The van der Waals surface area contributed by atoms with Crippen LogP contribution < -0.4 is 4.74 Å². The molecule has 0 saturated heterocycles. The number of aryl methyl sites for hydroxylation is 1. The molecule has 4 nitrogen and oxygen atoms in total. The van der Waals surface area contributed by atoms with Gasteiger partial charge < -0.3 is 13.9 Å². The fraction of sp³-hybridized carbons (Fsp3) is 0.190. The summed E-state index contributed by atoms with van der Waals surface area (Å²) in [5.41, 5.74) is 3.50. The Hall–Kier alpha value is -2.80. The molecule has 146 valence electrons. The number of hydrogen-bond donors (Lipinski definition) is 1. The summed E-state index contributed by atoms with van der Waals surface area (Å²) in [7, 11) is 1.29. The highest BCUT2D eigenvalue weighted by Gasteiger charge is 2.20. The average Bonchev–Trinajstić information content (AvgIpc) is 3.09. The van der Waals surface area contributed by atoms with Crippen molar-refractivity contribution in [3.05, 3.63) is 77.2 Å². The van der Waals surface area contributed by atoms with E-state index >= 15 is 0 Å². The Bertz CT molecular complexity index is 950. The lowest BCUT2D eigenvalue weighted by Crippen LogP contribution is -2.01. The van der Waals surface area contributed by atoms with Crippen LogP contribution in [0.3, 0.4) is 0 Å². The van der Waals surface area contributed by atoms with Gasteiger partial charge in [-0.15, -0.1) is 0 Å². The molecule has 0 N–H and O–H groups in total. The highest BCUT2D eigenvalue weighted by atomic mass is 32.1. The lowest BCUT2D eigenvalue weighted by molar-refractivity contribution is -0.0498. The number of furan rings is 1. The zero-order valence-electron chi connectivity index (χ0n) is 15.2. The van der Waals surface area contributed by atoms with E-state index in [2.05, 4.69) is 22.1 Å². The van der Waals surface area contributed by atoms with Crippen molar-refractivity contribution in [1.82, 2.24) is 0 Å². The number of halogens is 2. The van der Waals surface area contributed by atoms with Gasteiger partial charge in [-0.3, -0.25) is 0 Å². The molecule has 1 unspecified atom stereocenters. The van der Waals surface area contributed by atoms with Gasteiger partial charge >= 0.3 is 12.6 Å². The zero-order chi connectivity index (χ0) is 20.3. The van der Waals surface area contributed by atoms with Crippen LogP contribution in [-0.2, 0) is 4.74 Å². The number of thiol groups is 1. The van der Waals surface area contributed by atoms with Crippen LogP contribution in [0.5, 0.6) is 5.75 Å². The van der Waals surface area contributed by atoms with E-state index in [-0.39, 0.29) is 16.8 Å². The quantitative estimate of drug-likeness (QED) is 0.425. The number of benzene rings is 2. The predicted octanol–water partition coefficient (Wildman–Crippen LogP) is 5.66. The van der Waals surface area contributed by atoms with Gasteiger partial charge in [0.05, 0.1) is 12.4 Å². The molecule has 0 bridgehead atoms. The normalized spacial score (nSPS) is 12.1. The van der Waals surface area contributed by atoms with Crippen LogP contribution in [0.15, 0.2) is 59.0 Å². The van der Waals surface area contributed by atoms with Crippen LogP contribution in [0, 0.1) is 6.92 Å². The Balaban J connectivity index is 1.79. The molecule has 1 aromatic heterocycles. The van der Waals surface area contributed by atoms with Crippen molar-refractivity contribution in [3.8, 4) is 16.9 Å². The van der Waals surface area contributed by atoms with Crippen LogP contribution >= 0.6 is 12.6 Å². The largest absolute Gasteiger partial charge is 0.463 e. The monoisotopic (exact) mass is 404 g/mol. The van der Waals surface area contributed by atoms with Crippen LogP contribution in [0.4, 0.5) is 8.78 Å². The summed E-state index contributed by atoms with van der Waals surface area (Å²) in [6.45, 7) is -1.08. The lowest BCUT2D eigenvalue weighted by atomic mass is 10.00. The first-order valence-electron chi connectivity index (χ1n) is 8.41. The highest BCUT2D eigenvalue weighted by molar-refractivity contribution is 7.80. The van der Waals surface area contributed by atoms with Crippen molar-refractivity contribution in [3.63, 3.8) is 0 Å². The molecule has 28 heavy (non-hydrogen) atoms. The van der Waals surface area contributed by atoms with Crippen molar-refractivity contribution in [2.75, 3.05) is 7.11 Å². The molecular formula is C21H18F2O4S. The van der Waals surface area contributed by atoms with E-state index < -0.39 is 12.6 Å². The second-order valence-corrected chi connectivity index (χ2v) is 6.56. The summed E-state index contributed by atoms with van der Waals surface area (Å²) >= 11 is 4.66. The summed E-state index contributed by atoms with van der Waals surface area (Å²) in [6.07, 6.45) is 0. The maximum Gasteiger partial charge on any atom is 0.387 e. The third-order valence-electron chi connectivity index (χ3n) is 4.28. The first-order valence-corrected chi connectivity index (χ1v) is 8.92. The first-order chi connectivity index (χ1) is 13.4. The molecule has 0 spiro atoms. The van der Waals surface area contributed by atoms with Gasteiger partial charge in [0.15, 0.2) is 0 Å². The SMILES string of the molecule is COC(=O)c1cc(C(S)c2ccc(-c3ccc(OC(F)F)cc3)cc2)c(C)o1. The molecule has 2 aromatic carbocycles. The Labute approximate surface area is 166 Å². The number of ether oxygens (including phenoxy) is 2. The molecule has 0 saturated carbocycles. The fourth-order valence-corrected chi connectivity index (χ4v) is 3.26. The Morgan fingerprint density at radius 3 is 2.14 bits per heavy atom. The number of carbonyl (C=O) groups excluding carboxylic acids is 1. The van der Waals surface area contributed by atoms with E-state index in [1.807, 2.05) is 24.3 Å². The van der Waals surface area contributed by atoms with E-state index in [4.69, 9.17) is 4.42 Å². The van der Waals surface area contributed by atoms with Gasteiger partial charge in [0.1, 0.15) is 11.5 Å². The van der Waals surface area contributed by atoms with Gasteiger partial charge in [-0.2, -0.15) is 21.4 Å². The minimum Gasteiger partial charge on any atom is -0.463 e. The van der Waals surface area contributed by atoms with Gasteiger partial charge in [-0.05, 0) is 41.8 Å². The van der Waals surface area contributed by atoms with Crippen LogP contribution in [0.25, 0.3) is 11.1 Å². The van der Waals surface area contributed by atoms with Gasteiger partial charge in [-0.25, -0.2) is 4.79 Å². The molecule has 0 radical (unpaired) electrons. The van der Waals surface area contributed by atoms with Gasteiger partial charge in [0.25, 0.3) is 0 Å². The number of rotatable bonds is 6. The number of hydrogen-bond acceptors (Lipinski definition) is 5. The number of esters is 1. The third-order valence-corrected chi connectivity index (χ3v) is 4.85. The minimum atomic E-state index is -2.84. The molecule has 3 aromatic rings. The van der Waals surface area contributed by atoms with Crippen LogP contribution in [-0.4, -0.2) is 19.7 Å². The van der Waals surface area contributed by atoms with Gasteiger partial charge in [0, 0.05) is 5.56 Å². The second kappa shape index (κ2) is 8.48. The van der Waals surface area contributed by atoms with Crippen molar-refractivity contribution in [2.45, 2.75) is 18.8 Å². The maximum absolute atomic E-state index is 12.2.